The molecule has 4 heteroatoms. The van der Waals surface area contributed by atoms with Crippen molar-refractivity contribution >= 4 is 11.4 Å². The SMILES string of the molecule is OCC1CNc2cc([NH2+]O)ccc2C1. The molecule has 1 atom stereocenters. The molecule has 0 bridgehead atoms. The first-order chi connectivity index (χ1) is 6.83. The van der Waals surface area contributed by atoms with Crippen molar-refractivity contribution in [1.29, 1.82) is 0 Å². The highest BCUT2D eigenvalue weighted by Gasteiger charge is 2.17. The summed E-state index contributed by atoms with van der Waals surface area (Å²) in [6.07, 6.45) is 0.907. The number of hydrogen-bond donors (Lipinski definition) is 4. The molecular formula is C10H15N2O2+. The molecule has 1 aliphatic heterocycles. The van der Waals surface area contributed by atoms with Crippen molar-refractivity contribution in [2.45, 2.75) is 6.42 Å². The molecule has 0 aliphatic carbocycles. The van der Waals surface area contributed by atoms with E-state index in [0.29, 0.717) is 5.92 Å². The summed E-state index contributed by atoms with van der Waals surface area (Å²) in [5, 5.41) is 21.1. The third kappa shape index (κ3) is 1.72. The summed E-state index contributed by atoms with van der Waals surface area (Å²) in [6.45, 7) is 1.03. The predicted octanol–water partition coefficient (Wildman–Crippen LogP) is -0.153. The van der Waals surface area contributed by atoms with Gasteiger partial charge in [-0.05, 0) is 12.0 Å². The molecule has 0 saturated heterocycles. The Morgan fingerprint density at radius 3 is 3.07 bits per heavy atom. The normalized spacial score (nSPS) is 20.0. The third-order valence-corrected chi connectivity index (χ3v) is 2.63. The number of benzene rings is 1. The van der Waals surface area contributed by atoms with Gasteiger partial charge in [0.2, 0.25) is 0 Å². The molecule has 14 heavy (non-hydrogen) atoms. The number of aliphatic hydroxyl groups excluding tert-OH is 1. The molecule has 1 aromatic rings. The van der Waals surface area contributed by atoms with Crippen LogP contribution in [-0.2, 0) is 6.42 Å². The molecule has 1 unspecified atom stereocenters. The average Bonchev–Trinajstić information content (AvgIpc) is 2.27. The number of rotatable bonds is 2. The Morgan fingerprint density at radius 2 is 2.36 bits per heavy atom. The molecule has 0 amide bonds. The van der Waals surface area contributed by atoms with Crippen LogP contribution in [0.1, 0.15) is 5.56 Å². The number of fused-ring (bicyclic) bond motifs is 1. The summed E-state index contributed by atoms with van der Waals surface area (Å²) in [6, 6.07) is 5.79. The van der Waals surface area contributed by atoms with E-state index >= 15 is 0 Å². The van der Waals surface area contributed by atoms with Crippen molar-refractivity contribution in [3.63, 3.8) is 0 Å². The second-order valence-electron chi connectivity index (χ2n) is 3.68. The fourth-order valence-corrected chi connectivity index (χ4v) is 1.78. The summed E-state index contributed by atoms with van der Waals surface area (Å²) >= 11 is 0. The maximum Gasteiger partial charge on any atom is 0.163 e. The molecule has 0 saturated carbocycles. The number of quaternary nitrogens is 1. The fourth-order valence-electron chi connectivity index (χ4n) is 1.78. The number of nitrogens with two attached hydrogens (primary N) is 1. The van der Waals surface area contributed by atoms with Crippen molar-refractivity contribution in [1.82, 2.24) is 0 Å². The van der Waals surface area contributed by atoms with Gasteiger partial charge in [0.25, 0.3) is 0 Å². The average molecular weight is 195 g/mol. The molecule has 4 nitrogen and oxygen atoms in total. The van der Waals surface area contributed by atoms with Gasteiger partial charge >= 0.3 is 0 Å². The van der Waals surface area contributed by atoms with Crippen LogP contribution in [0.3, 0.4) is 0 Å². The largest absolute Gasteiger partial charge is 0.396 e. The van der Waals surface area contributed by atoms with E-state index in [9.17, 15) is 0 Å². The number of nitrogens with one attached hydrogen (secondary N) is 1. The van der Waals surface area contributed by atoms with Crippen LogP contribution in [0.5, 0.6) is 0 Å². The van der Waals surface area contributed by atoms with Gasteiger partial charge in [-0.1, -0.05) is 6.07 Å². The Kier molecular flexibility index (Phi) is 2.67. The van der Waals surface area contributed by atoms with E-state index in [-0.39, 0.29) is 6.61 Å². The minimum Gasteiger partial charge on any atom is -0.396 e. The van der Waals surface area contributed by atoms with Crippen LogP contribution in [0.4, 0.5) is 11.4 Å². The molecule has 0 aromatic heterocycles. The Labute approximate surface area is 82.5 Å². The van der Waals surface area contributed by atoms with Gasteiger partial charge in [0.05, 0.1) is 0 Å². The highest BCUT2D eigenvalue weighted by atomic mass is 16.5. The van der Waals surface area contributed by atoms with Gasteiger partial charge in [0, 0.05) is 36.9 Å². The van der Waals surface area contributed by atoms with E-state index in [1.54, 1.807) is 0 Å². The van der Waals surface area contributed by atoms with Crippen molar-refractivity contribution in [2.75, 3.05) is 18.5 Å². The van der Waals surface area contributed by atoms with Crippen LogP contribution >= 0.6 is 0 Å². The zero-order valence-corrected chi connectivity index (χ0v) is 7.90. The maximum absolute atomic E-state index is 9.03. The summed E-state index contributed by atoms with van der Waals surface area (Å²) in [5.41, 5.74) is 4.18. The molecule has 2 rings (SSSR count). The highest BCUT2D eigenvalue weighted by Crippen LogP contribution is 2.25. The minimum atomic E-state index is 0.223. The minimum absolute atomic E-state index is 0.223. The predicted molar refractivity (Wildman–Crippen MR) is 52.6 cm³/mol. The van der Waals surface area contributed by atoms with Gasteiger partial charge in [-0.2, -0.15) is 5.48 Å². The van der Waals surface area contributed by atoms with Crippen molar-refractivity contribution in [3.8, 4) is 0 Å². The van der Waals surface area contributed by atoms with Crippen LogP contribution in [0.15, 0.2) is 18.2 Å². The van der Waals surface area contributed by atoms with Crippen LogP contribution < -0.4 is 10.8 Å². The molecule has 1 heterocycles. The first kappa shape index (κ1) is 9.45. The van der Waals surface area contributed by atoms with E-state index in [1.165, 1.54) is 5.56 Å². The maximum atomic E-state index is 9.03. The summed E-state index contributed by atoms with van der Waals surface area (Å²) in [7, 11) is 0. The number of anilines is 1. The van der Waals surface area contributed by atoms with Gasteiger partial charge < -0.3 is 10.4 Å². The topological polar surface area (TPSA) is 69.1 Å². The first-order valence-electron chi connectivity index (χ1n) is 4.78. The molecule has 76 valence electrons. The van der Waals surface area contributed by atoms with Crippen LogP contribution in [0, 0.1) is 5.92 Å². The molecule has 1 aliphatic rings. The quantitative estimate of drug-likeness (QED) is 0.392. The lowest BCUT2D eigenvalue weighted by Crippen LogP contribution is -2.73. The van der Waals surface area contributed by atoms with E-state index in [4.69, 9.17) is 10.3 Å². The molecular weight excluding hydrogens is 180 g/mol. The zero-order chi connectivity index (χ0) is 9.97. The van der Waals surface area contributed by atoms with Gasteiger partial charge in [0.1, 0.15) is 0 Å². The number of aliphatic hydroxyl groups is 1. The smallest absolute Gasteiger partial charge is 0.163 e. The lowest BCUT2D eigenvalue weighted by Gasteiger charge is -2.24. The Bertz CT molecular complexity index is 328. The zero-order valence-electron chi connectivity index (χ0n) is 7.90. The summed E-state index contributed by atoms with van der Waals surface area (Å²) in [5.74, 6) is 0.312. The van der Waals surface area contributed by atoms with Crippen LogP contribution in [-0.4, -0.2) is 23.5 Å². The lowest BCUT2D eigenvalue weighted by atomic mass is 9.94. The molecule has 5 N–H and O–H groups in total. The third-order valence-electron chi connectivity index (χ3n) is 2.63. The van der Waals surface area contributed by atoms with E-state index in [1.807, 2.05) is 18.2 Å². The van der Waals surface area contributed by atoms with Crippen LogP contribution in [0.25, 0.3) is 0 Å². The van der Waals surface area contributed by atoms with Gasteiger partial charge in [-0.15, -0.1) is 0 Å². The van der Waals surface area contributed by atoms with Crippen molar-refractivity contribution < 1.29 is 15.8 Å². The second kappa shape index (κ2) is 3.96. The second-order valence-corrected chi connectivity index (χ2v) is 3.68. The lowest BCUT2D eigenvalue weighted by molar-refractivity contribution is -0.825. The summed E-state index contributed by atoms with van der Waals surface area (Å²) < 4.78 is 0. The monoisotopic (exact) mass is 195 g/mol. The Hall–Kier alpha value is -1.10. The number of hydrogen-bond acceptors (Lipinski definition) is 3. The van der Waals surface area contributed by atoms with Gasteiger partial charge in [-0.3, -0.25) is 0 Å². The van der Waals surface area contributed by atoms with Gasteiger partial charge in [-0.25, -0.2) is 5.21 Å². The van der Waals surface area contributed by atoms with E-state index in [0.717, 1.165) is 29.8 Å². The first-order valence-corrected chi connectivity index (χ1v) is 4.78. The van der Waals surface area contributed by atoms with E-state index in [2.05, 4.69) is 5.32 Å². The fraction of sp³-hybridized carbons (Fsp3) is 0.400. The Morgan fingerprint density at radius 1 is 1.50 bits per heavy atom. The van der Waals surface area contributed by atoms with Gasteiger partial charge in [0.15, 0.2) is 5.69 Å². The molecule has 0 spiro atoms. The Balaban J connectivity index is 2.23. The van der Waals surface area contributed by atoms with Crippen LogP contribution in [0.2, 0.25) is 0 Å². The molecule has 0 fully saturated rings. The highest BCUT2D eigenvalue weighted by molar-refractivity contribution is 5.58. The van der Waals surface area contributed by atoms with E-state index < -0.39 is 0 Å². The standard InChI is InChI=1S/C10H14N2O2/c13-6-7-3-8-1-2-9(12-14)4-10(8)11-5-7/h1-2,4,7,11-14H,3,5-6H2/p+1. The van der Waals surface area contributed by atoms with Crippen molar-refractivity contribution in [3.05, 3.63) is 23.8 Å². The molecule has 0 radical (unpaired) electrons. The molecule has 1 aromatic carbocycles. The summed E-state index contributed by atoms with van der Waals surface area (Å²) in [4.78, 5) is 0. The van der Waals surface area contributed by atoms with Crippen molar-refractivity contribution in [2.24, 2.45) is 5.92 Å².